The summed E-state index contributed by atoms with van der Waals surface area (Å²) in [7, 11) is 0. The molecule has 2 aromatic rings. The molecule has 146 valence electrons. The van der Waals surface area contributed by atoms with E-state index in [9.17, 15) is 18.0 Å². The van der Waals surface area contributed by atoms with Crippen LogP contribution in [0.15, 0.2) is 30.3 Å². The number of ether oxygens (including phenoxy) is 1. The summed E-state index contributed by atoms with van der Waals surface area (Å²) < 4.78 is 42.8. The van der Waals surface area contributed by atoms with Crippen LogP contribution in [0.5, 0.6) is 0 Å². The van der Waals surface area contributed by atoms with Gasteiger partial charge in [-0.1, -0.05) is 12.1 Å². The Morgan fingerprint density at radius 2 is 1.81 bits per heavy atom. The number of likely N-dealkylation sites (tertiary alicyclic amines) is 1. The number of amides is 1. The molecule has 1 aliphatic heterocycles. The van der Waals surface area contributed by atoms with Gasteiger partial charge in [-0.2, -0.15) is 5.10 Å². The lowest BCUT2D eigenvalue weighted by Gasteiger charge is -2.32. The van der Waals surface area contributed by atoms with Gasteiger partial charge < -0.3 is 4.90 Å². The molecule has 1 saturated heterocycles. The van der Waals surface area contributed by atoms with Crippen LogP contribution in [0.2, 0.25) is 0 Å². The van der Waals surface area contributed by atoms with Gasteiger partial charge in [0, 0.05) is 24.3 Å². The minimum Gasteiger partial charge on any atom is -0.338 e. The molecule has 3 rings (SSSR count). The van der Waals surface area contributed by atoms with Gasteiger partial charge in [0.25, 0.3) is 5.91 Å². The lowest BCUT2D eigenvalue weighted by molar-refractivity contribution is -0.345. The maximum Gasteiger partial charge on any atom is 0.522 e. The third-order valence-electron chi connectivity index (χ3n) is 4.67. The monoisotopic (exact) mass is 381 g/mol. The fourth-order valence-electron chi connectivity index (χ4n) is 3.31. The number of hydrogen-bond donors (Lipinski definition) is 0. The molecule has 0 spiro atoms. The Morgan fingerprint density at radius 1 is 1.19 bits per heavy atom. The third kappa shape index (κ3) is 5.09. The van der Waals surface area contributed by atoms with Crippen LogP contribution >= 0.6 is 0 Å². The first-order chi connectivity index (χ1) is 12.7. The van der Waals surface area contributed by atoms with Crippen molar-refractivity contribution in [2.75, 3.05) is 13.1 Å². The summed E-state index contributed by atoms with van der Waals surface area (Å²) in [6.07, 6.45) is -5.14. The molecule has 0 atom stereocenters. The Labute approximate surface area is 155 Å². The fraction of sp³-hybridized carbons (Fsp3) is 0.474. The van der Waals surface area contributed by atoms with Crippen LogP contribution in [-0.2, 0) is 11.3 Å². The quantitative estimate of drug-likeness (QED) is 0.812. The Hall–Kier alpha value is -2.35. The van der Waals surface area contributed by atoms with E-state index in [2.05, 4.69) is 9.84 Å². The van der Waals surface area contributed by atoms with Gasteiger partial charge in [0.15, 0.2) is 0 Å². The van der Waals surface area contributed by atoms with Gasteiger partial charge >= 0.3 is 6.36 Å². The highest BCUT2D eigenvalue weighted by molar-refractivity contribution is 5.94. The van der Waals surface area contributed by atoms with E-state index in [0.29, 0.717) is 12.1 Å². The van der Waals surface area contributed by atoms with Crippen molar-refractivity contribution in [2.24, 2.45) is 0 Å². The van der Waals surface area contributed by atoms with Crippen molar-refractivity contribution in [1.82, 2.24) is 14.7 Å². The van der Waals surface area contributed by atoms with Crippen LogP contribution < -0.4 is 0 Å². The molecule has 1 fully saturated rings. The first-order valence-electron chi connectivity index (χ1n) is 8.85. The van der Waals surface area contributed by atoms with Crippen molar-refractivity contribution < 1.29 is 22.7 Å². The third-order valence-corrected chi connectivity index (χ3v) is 4.67. The Balaban J connectivity index is 1.57. The normalized spacial score (nSPS) is 16.0. The van der Waals surface area contributed by atoms with Crippen LogP contribution in [0.3, 0.4) is 0 Å². The van der Waals surface area contributed by atoms with E-state index in [1.165, 1.54) is 0 Å². The predicted octanol–water partition coefficient (Wildman–Crippen LogP) is 3.69. The van der Waals surface area contributed by atoms with Gasteiger partial charge in [-0.3, -0.25) is 14.2 Å². The molecule has 1 aromatic heterocycles. The van der Waals surface area contributed by atoms with Crippen molar-refractivity contribution >= 4 is 5.91 Å². The minimum absolute atomic E-state index is 0.168. The maximum atomic E-state index is 12.6. The zero-order valence-electron chi connectivity index (χ0n) is 15.3. The van der Waals surface area contributed by atoms with E-state index in [1.54, 1.807) is 17.0 Å². The number of piperidine rings is 1. The molecular weight excluding hydrogens is 359 g/mol. The van der Waals surface area contributed by atoms with E-state index < -0.39 is 12.5 Å². The molecule has 0 saturated carbocycles. The largest absolute Gasteiger partial charge is 0.522 e. The molecule has 2 heterocycles. The molecular formula is C19H22F3N3O2. The summed E-state index contributed by atoms with van der Waals surface area (Å²) in [5, 5.41) is 4.42. The van der Waals surface area contributed by atoms with Crippen LogP contribution in [0.4, 0.5) is 13.2 Å². The lowest BCUT2D eigenvalue weighted by Crippen LogP contribution is -2.42. The van der Waals surface area contributed by atoms with Gasteiger partial charge in [0.05, 0.1) is 18.3 Å². The summed E-state index contributed by atoms with van der Waals surface area (Å²) in [5.74, 6) is -0.168. The predicted molar refractivity (Wildman–Crippen MR) is 93.3 cm³/mol. The van der Waals surface area contributed by atoms with E-state index in [4.69, 9.17) is 0 Å². The summed E-state index contributed by atoms with van der Waals surface area (Å²) in [6, 6.07) is 9.26. The lowest BCUT2D eigenvalue weighted by atomic mass is 10.1. The first-order valence-corrected chi connectivity index (χ1v) is 8.85. The average molecular weight is 381 g/mol. The number of benzene rings is 1. The molecule has 0 aliphatic carbocycles. The SMILES string of the molecule is Cc1cc(C)n(Cc2ccc(C(=O)N3CCC(OC(F)(F)F)CC3)cc2)n1. The molecule has 0 unspecified atom stereocenters. The number of alkyl halides is 3. The van der Waals surface area contributed by atoms with Gasteiger partial charge in [-0.15, -0.1) is 13.2 Å². The second-order valence-electron chi connectivity index (χ2n) is 6.84. The molecule has 27 heavy (non-hydrogen) atoms. The number of carbonyl (C=O) groups is 1. The highest BCUT2D eigenvalue weighted by atomic mass is 19.4. The fourth-order valence-corrected chi connectivity index (χ4v) is 3.31. The number of aromatic nitrogens is 2. The zero-order valence-corrected chi connectivity index (χ0v) is 15.3. The van der Waals surface area contributed by atoms with Crippen LogP contribution in [0.1, 0.15) is 40.2 Å². The summed E-state index contributed by atoms with van der Waals surface area (Å²) in [6.45, 7) is 5.06. The second-order valence-corrected chi connectivity index (χ2v) is 6.84. The van der Waals surface area contributed by atoms with Gasteiger partial charge in [0.1, 0.15) is 0 Å². The van der Waals surface area contributed by atoms with Gasteiger partial charge in [0.2, 0.25) is 0 Å². The van der Waals surface area contributed by atoms with Crippen molar-refractivity contribution in [3.05, 3.63) is 52.8 Å². The average Bonchev–Trinajstić information content (AvgIpc) is 2.91. The molecule has 0 bridgehead atoms. The molecule has 8 heteroatoms. The number of rotatable bonds is 4. The van der Waals surface area contributed by atoms with Crippen molar-refractivity contribution in [1.29, 1.82) is 0 Å². The summed E-state index contributed by atoms with van der Waals surface area (Å²) >= 11 is 0. The van der Waals surface area contributed by atoms with Gasteiger partial charge in [-0.05, 0) is 50.5 Å². The number of halogens is 3. The molecule has 1 amide bonds. The van der Waals surface area contributed by atoms with E-state index in [0.717, 1.165) is 17.0 Å². The van der Waals surface area contributed by atoms with Crippen molar-refractivity contribution in [3.8, 4) is 0 Å². The molecule has 1 aromatic carbocycles. The maximum absolute atomic E-state index is 12.6. The standard InChI is InChI=1S/C19H22F3N3O2/c1-13-11-14(2)25(23-13)12-15-3-5-16(6-4-15)18(26)24-9-7-17(8-10-24)27-19(20,21)22/h3-6,11,17H,7-10,12H2,1-2H3. The van der Waals surface area contributed by atoms with Crippen LogP contribution in [-0.4, -0.2) is 46.1 Å². The Bertz CT molecular complexity index is 792. The number of carbonyl (C=O) groups excluding carboxylic acids is 1. The Morgan fingerprint density at radius 3 is 2.33 bits per heavy atom. The highest BCUT2D eigenvalue weighted by Crippen LogP contribution is 2.25. The second kappa shape index (κ2) is 7.72. The number of aryl methyl sites for hydroxylation is 2. The topological polar surface area (TPSA) is 47.4 Å². The molecule has 5 nitrogen and oxygen atoms in total. The van der Waals surface area contributed by atoms with Crippen LogP contribution in [0, 0.1) is 13.8 Å². The molecule has 0 radical (unpaired) electrons. The van der Waals surface area contributed by atoms with Gasteiger partial charge in [-0.25, -0.2) is 0 Å². The minimum atomic E-state index is -4.63. The Kier molecular flexibility index (Phi) is 5.55. The zero-order chi connectivity index (χ0) is 19.6. The smallest absolute Gasteiger partial charge is 0.338 e. The first kappa shape index (κ1) is 19.4. The number of hydrogen-bond acceptors (Lipinski definition) is 3. The highest BCUT2D eigenvalue weighted by Gasteiger charge is 2.35. The molecule has 1 aliphatic rings. The molecule has 0 N–H and O–H groups in total. The van der Waals surface area contributed by atoms with E-state index in [-0.39, 0.29) is 31.8 Å². The van der Waals surface area contributed by atoms with E-state index in [1.807, 2.05) is 36.7 Å². The van der Waals surface area contributed by atoms with Crippen molar-refractivity contribution in [2.45, 2.75) is 45.7 Å². The van der Waals surface area contributed by atoms with Crippen LogP contribution in [0.25, 0.3) is 0 Å². The summed E-state index contributed by atoms with van der Waals surface area (Å²) in [4.78, 5) is 14.1. The van der Waals surface area contributed by atoms with Crippen molar-refractivity contribution in [3.63, 3.8) is 0 Å². The summed E-state index contributed by atoms with van der Waals surface area (Å²) in [5.41, 5.74) is 3.58. The van der Waals surface area contributed by atoms with E-state index >= 15 is 0 Å². The number of nitrogens with zero attached hydrogens (tertiary/aromatic N) is 3.